The van der Waals surface area contributed by atoms with E-state index in [2.05, 4.69) is 12.2 Å². The molecule has 104 valence electrons. The summed E-state index contributed by atoms with van der Waals surface area (Å²) < 4.78 is 5.62. The second-order valence-electron chi connectivity index (χ2n) is 5.88. The lowest BCUT2D eigenvalue weighted by molar-refractivity contribution is -0.127. The molecule has 4 unspecified atom stereocenters. The Hall–Kier alpha value is -0.610. The van der Waals surface area contributed by atoms with Gasteiger partial charge in [0.15, 0.2) is 0 Å². The van der Waals surface area contributed by atoms with E-state index >= 15 is 0 Å². The van der Waals surface area contributed by atoms with Gasteiger partial charge in [-0.05, 0) is 44.4 Å². The number of nitrogens with two attached hydrogens (primary N) is 1. The van der Waals surface area contributed by atoms with Gasteiger partial charge in [-0.25, -0.2) is 0 Å². The zero-order valence-corrected chi connectivity index (χ0v) is 11.4. The van der Waals surface area contributed by atoms with Gasteiger partial charge < -0.3 is 15.8 Å². The minimum absolute atomic E-state index is 0.156. The summed E-state index contributed by atoms with van der Waals surface area (Å²) in [4.78, 5) is 12.1. The fourth-order valence-electron chi connectivity index (χ4n) is 2.98. The molecule has 1 heterocycles. The summed E-state index contributed by atoms with van der Waals surface area (Å²) in [7, 11) is 0. The molecule has 4 heteroatoms. The SMILES string of the molecule is CC1CC(C(=O)NCC2CCCCO2)CCC1N. The van der Waals surface area contributed by atoms with Crippen LogP contribution in [0.15, 0.2) is 0 Å². The fourth-order valence-corrected chi connectivity index (χ4v) is 2.98. The molecule has 1 aliphatic carbocycles. The summed E-state index contributed by atoms with van der Waals surface area (Å²) in [6, 6.07) is 0.274. The molecule has 1 amide bonds. The molecule has 2 aliphatic rings. The first-order chi connectivity index (χ1) is 8.66. The van der Waals surface area contributed by atoms with Gasteiger partial charge in [-0.3, -0.25) is 4.79 Å². The summed E-state index contributed by atoms with van der Waals surface area (Å²) >= 11 is 0. The van der Waals surface area contributed by atoms with Crippen LogP contribution in [0.3, 0.4) is 0 Å². The number of rotatable bonds is 3. The van der Waals surface area contributed by atoms with Crippen molar-refractivity contribution in [2.24, 2.45) is 17.6 Å². The van der Waals surface area contributed by atoms with Crippen LogP contribution in [0, 0.1) is 11.8 Å². The molecule has 2 fully saturated rings. The lowest BCUT2D eigenvalue weighted by Crippen LogP contribution is -2.43. The molecule has 0 bridgehead atoms. The second-order valence-corrected chi connectivity index (χ2v) is 5.88. The number of hydrogen-bond donors (Lipinski definition) is 2. The lowest BCUT2D eigenvalue weighted by Gasteiger charge is -2.31. The first-order valence-electron chi connectivity index (χ1n) is 7.31. The van der Waals surface area contributed by atoms with Gasteiger partial charge in [0.2, 0.25) is 5.91 Å². The third-order valence-electron chi connectivity index (χ3n) is 4.38. The molecule has 4 nitrogen and oxygen atoms in total. The maximum atomic E-state index is 12.1. The van der Waals surface area contributed by atoms with E-state index < -0.39 is 0 Å². The Balaban J connectivity index is 1.70. The second kappa shape index (κ2) is 6.53. The molecule has 4 atom stereocenters. The Kier molecular flexibility index (Phi) is 5.01. The molecule has 2 rings (SSSR count). The van der Waals surface area contributed by atoms with Crippen molar-refractivity contribution in [2.45, 2.75) is 57.6 Å². The number of amides is 1. The van der Waals surface area contributed by atoms with Gasteiger partial charge in [0, 0.05) is 25.1 Å². The van der Waals surface area contributed by atoms with Crippen molar-refractivity contribution in [1.82, 2.24) is 5.32 Å². The summed E-state index contributed by atoms with van der Waals surface area (Å²) in [6.45, 7) is 3.67. The van der Waals surface area contributed by atoms with Gasteiger partial charge in [-0.1, -0.05) is 6.92 Å². The zero-order chi connectivity index (χ0) is 13.0. The average molecular weight is 254 g/mol. The highest BCUT2D eigenvalue weighted by Crippen LogP contribution is 2.28. The highest BCUT2D eigenvalue weighted by atomic mass is 16.5. The molecule has 3 N–H and O–H groups in total. The van der Waals surface area contributed by atoms with E-state index in [-0.39, 0.29) is 24.0 Å². The molecular formula is C14H26N2O2. The maximum Gasteiger partial charge on any atom is 0.223 e. The van der Waals surface area contributed by atoms with Crippen molar-refractivity contribution < 1.29 is 9.53 Å². The molecule has 18 heavy (non-hydrogen) atoms. The normalized spacial score (nSPS) is 37.2. The molecule has 0 aromatic heterocycles. The third kappa shape index (κ3) is 3.69. The first kappa shape index (κ1) is 13.8. The Morgan fingerprint density at radius 3 is 2.83 bits per heavy atom. The van der Waals surface area contributed by atoms with E-state index in [9.17, 15) is 4.79 Å². The Bertz CT molecular complexity index is 277. The minimum Gasteiger partial charge on any atom is -0.376 e. The molecule has 0 spiro atoms. The molecule has 1 aliphatic heterocycles. The van der Waals surface area contributed by atoms with Gasteiger partial charge >= 0.3 is 0 Å². The van der Waals surface area contributed by atoms with Crippen molar-refractivity contribution >= 4 is 5.91 Å². The third-order valence-corrected chi connectivity index (χ3v) is 4.38. The highest BCUT2D eigenvalue weighted by molar-refractivity contribution is 5.78. The van der Waals surface area contributed by atoms with Crippen molar-refractivity contribution in [3.63, 3.8) is 0 Å². The Morgan fingerprint density at radius 2 is 2.17 bits per heavy atom. The topological polar surface area (TPSA) is 64.3 Å². The van der Waals surface area contributed by atoms with E-state index in [1.807, 2.05) is 0 Å². The lowest BCUT2D eigenvalue weighted by atomic mass is 9.79. The molecule has 0 aromatic carbocycles. The number of hydrogen-bond acceptors (Lipinski definition) is 3. The predicted molar refractivity (Wildman–Crippen MR) is 71.1 cm³/mol. The van der Waals surface area contributed by atoms with Crippen molar-refractivity contribution in [2.75, 3.05) is 13.2 Å². The molecule has 1 saturated heterocycles. The van der Waals surface area contributed by atoms with Crippen LogP contribution in [0.1, 0.15) is 45.4 Å². The van der Waals surface area contributed by atoms with Gasteiger partial charge in [0.25, 0.3) is 0 Å². The number of ether oxygens (including phenoxy) is 1. The monoisotopic (exact) mass is 254 g/mol. The van der Waals surface area contributed by atoms with Gasteiger partial charge in [-0.15, -0.1) is 0 Å². The van der Waals surface area contributed by atoms with Crippen molar-refractivity contribution in [3.8, 4) is 0 Å². The quantitative estimate of drug-likeness (QED) is 0.801. The molecule has 0 aromatic rings. The van der Waals surface area contributed by atoms with Crippen LogP contribution < -0.4 is 11.1 Å². The van der Waals surface area contributed by atoms with Gasteiger partial charge in [0.1, 0.15) is 0 Å². The smallest absolute Gasteiger partial charge is 0.223 e. The van der Waals surface area contributed by atoms with E-state index in [4.69, 9.17) is 10.5 Å². The summed E-state index contributed by atoms with van der Waals surface area (Å²) in [6.07, 6.45) is 6.51. The van der Waals surface area contributed by atoms with Gasteiger partial charge in [-0.2, -0.15) is 0 Å². The summed E-state index contributed by atoms with van der Waals surface area (Å²) in [5.74, 6) is 0.812. The van der Waals surface area contributed by atoms with Gasteiger partial charge in [0.05, 0.1) is 6.10 Å². The summed E-state index contributed by atoms with van der Waals surface area (Å²) in [5.41, 5.74) is 5.98. The zero-order valence-electron chi connectivity index (χ0n) is 11.4. The van der Waals surface area contributed by atoms with E-state index in [1.54, 1.807) is 0 Å². The summed E-state index contributed by atoms with van der Waals surface area (Å²) in [5, 5.41) is 3.05. The van der Waals surface area contributed by atoms with Crippen LogP contribution in [-0.2, 0) is 9.53 Å². The maximum absolute atomic E-state index is 12.1. The fraction of sp³-hybridized carbons (Fsp3) is 0.929. The largest absolute Gasteiger partial charge is 0.376 e. The highest BCUT2D eigenvalue weighted by Gasteiger charge is 2.29. The Morgan fingerprint density at radius 1 is 1.33 bits per heavy atom. The molecule has 1 saturated carbocycles. The van der Waals surface area contributed by atoms with E-state index in [0.717, 1.165) is 38.7 Å². The van der Waals surface area contributed by atoms with E-state index in [1.165, 1.54) is 6.42 Å². The predicted octanol–water partition coefficient (Wildman–Crippen LogP) is 1.44. The van der Waals surface area contributed by atoms with Crippen LogP contribution in [0.2, 0.25) is 0 Å². The first-order valence-corrected chi connectivity index (χ1v) is 7.31. The standard InChI is InChI=1S/C14H26N2O2/c1-10-8-11(5-6-13(10)15)14(17)16-9-12-4-2-3-7-18-12/h10-13H,2-9,15H2,1H3,(H,16,17). The number of carbonyl (C=O) groups excluding carboxylic acids is 1. The average Bonchev–Trinajstić information content (AvgIpc) is 2.40. The van der Waals surface area contributed by atoms with Crippen LogP contribution in [0.5, 0.6) is 0 Å². The minimum atomic E-state index is 0.156. The number of carbonyl (C=O) groups is 1. The van der Waals surface area contributed by atoms with Crippen molar-refractivity contribution in [1.29, 1.82) is 0 Å². The molecular weight excluding hydrogens is 228 g/mol. The van der Waals surface area contributed by atoms with Crippen molar-refractivity contribution in [3.05, 3.63) is 0 Å². The van der Waals surface area contributed by atoms with E-state index in [0.29, 0.717) is 12.5 Å². The van der Waals surface area contributed by atoms with Crippen LogP contribution in [0.25, 0.3) is 0 Å². The Labute approximate surface area is 110 Å². The molecule has 0 radical (unpaired) electrons. The van der Waals surface area contributed by atoms with Crippen LogP contribution in [-0.4, -0.2) is 31.2 Å². The van der Waals surface area contributed by atoms with Crippen LogP contribution >= 0.6 is 0 Å². The van der Waals surface area contributed by atoms with Crippen LogP contribution in [0.4, 0.5) is 0 Å². The number of nitrogens with one attached hydrogen (secondary N) is 1.